The van der Waals surface area contributed by atoms with Crippen molar-refractivity contribution in [1.82, 2.24) is 4.90 Å². The van der Waals surface area contributed by atoms with Crippen LogP contribution in [0, 0.1) is 0 Å². The van der Waals surface area contributed by atoms with Crippen LogP contribution >= 0.6 is 11.8 Å². The zero-order valence-corrected chi connectivity index (χ0v) is 12.8. The van der Waals surface area contributed by atoms with Gasteiger partial charge in [0.2, 0.25) is 5.91 Å². The molecule has 0 radical (unpaired) electrons. The van der Waals surface area contributed by atoms with Gasteiger partial charge in [-0.15, -0.1) is 11.8 Å². The van der Waals surface area contributed by atoms with E-state index in [1.54, 1.807) is 11.0 Å². The zero-order chi connectivity index (χ0) is 15.0. The number of likely N-dealkylation sites (tertiary alicyclic amines) is 1. The summed E-state index contributed by atoms with van der Waals surface area (Å²) in [5.41, 5.74) is 7.27. The van der Waals surface area contributed by atoms with Crippen LogP contribution in [0.5, 0.6) is 0 Å². The van der Waals surface area contributed by atoms with Gasteiger partial charge in [0.05, 0.1) is 10.9 Å². The van der Waals surface area contributed by atoms with E-state index in [1.807, 2.05) is 19.1 Å². The van der Waals surface area contributed by atoms with Gasteiger partial charge < -0.3 is 16.0 Å². The summed E-state index contributed by atoms with van der Waals surface area (Å²) >= 11 is 1.52. The van der Waals surface area contributed by atoms with Crippen molar-refractivity contribution in [2.45, 2.75) is 36.0 Å². The third-order valence-electron chi connectivity index (χ3n) is 3.90. The number of anilines is 1. The summed E-state index contributed by atoms with van der Waals surface area (Å²) in [6.45, 7) is 3.23. The zero-order valence-electron chi connectivity index (χ0n) is 12.0. The van der Waals surface area contributed by atoms with Crippen molar-refractivity contribution >= 4 is 29.3 Å². The van der Waals surface area contributed by atoms with Crippen LogP contribution in [0.2, 0.25) is 0 Å². The van der Waals surface area contributed by atoms with E-state index in [0.717, 1.165) is 30.0 Å². The van der Waals surface area contributed by atoms with Gasteiger partial charge in [0.25, 0.3) is 5.91 Å². The highest BCUT2D eigenvalue weighted by Gasteiger charge is 2.26. The number of thioether (sulfide) groups is 1. The monoisotopic (exact) mass is 305 g/mol. The van der Waals surface area contributed by atoms with Gasteiger partial charge in [-0.25, -0.2) is 0 Å². The van der Waals surface area contributed by atoms with Crippen LogP contribution in [0.4, 0.5) is 5.69 Å². The van der Waals surface area contributed by atoms with Crippen LogP contribution in [0.1, 0.15) is 30.1 Å². The summed E-state index contributed by atoms with van der Waals surface area (Å²) in [5, 5.41) is 2.76. The molecule has 0 saturated carbocycles. The minimum absolute atomic E-state index is 0.00850. The Balaban J connectivity index is 1.82. The van der Waals surface area contributed by atoms with Crippen LogP contribution in [0.25, 0.3) is 0 Å². The molecule has 0 aromatic heterocycles. The Labute approximate surface area is 128 Å². The summed E-state index contributed by atoms with van der Waals surface area (Å²) < 4.78 is 0. The maximum atomic E-state index is 12.5. The standard InChI is InChI=1S/C15H19N3O2S/c1-9-14(19)17-12-7-10(4-5-13(12)21-9)15(20)18-6-2-3-11(16)8-18/h4-5,7,9,11H,2-3,6,8,16H2,1H3,(H,17,19). The maximum absolute atomic E-state index is 12.5. The first-order chi connectivity index (χ1) is 10.0. The highest BCUT2D eigenvalue weighted by atomic mass is 32.2. The molecule has 112 valence electrons. The van der Waals surface area contributed by atoms with Crippen LogP contribution in [0.15, 0.2) is 23.1 Å². The molecular formula is C15H19N3O2S. The van der Waals surface area contributed by atoms with Crippen molar-refractivity contribution in [3.05, 3.63) is 23.8 Å². The van der Waals surface area contributed by atoms with Crippen LogP contribution in [0.3, 0.4) is 0 Å². The number of fused-ring (bicyclic) bond motifs is 1. The van der Waals surface area contributed by atoms with E-state index in [1.165, 1.54) is 11.8 Å². The summed E-state index contributed by atoms with van der Waals surface area (Å²) in [6.07, 6.45) is 1.92. The second-order valence-electron chi connectivity index (χ2n) is 5.61. The molecule has 6 heteroatoms. The molecule has 2 aliphatic heterocycles. The van der Waals surface area contributed by atoms with Gasteiger partial charge in [-0.05, 0) is 38.0 Å². The van der Waals surface area contributed by atoms with Crippen LogP contribution in [-0.2, 0) is 4.79 Å². The largest absolute Gasteiger partial charge is 0.337 e. The van der Waals surface area contributed by atoms with Gasteiger partial charge in [0, 0.05) is 29.6 Å². The number of carbonyl (C=O) groups is 2. The Hall–Kier alpha value is -1.53. The predicted octanol–water partition coefficient (Wildman–Crippen LogP) is 1.68. The number of benzene rings is 1. The highest BCUT2D eigenvalue weighted by Crippen LogP contribution is 2.36. The number of hydrogen-bond donors (Lipinski definition) is 2. The number of rotatable bonds is 1. The number of amides is 2. The molecule has 1 aromatic carbocycles. The van der Waals surface area contributed by atoms with E-state index in [2.05, 4.69) is 5.32 Å². The first kappa shape index (κ1) is 14.4. The maximum Gasteiger partial charge on any atom is 0.253 e. The quantitative estimate of drug-likeness (QED) is 0.828. The predicted molar refractivity (Wildman–Crippen MR) is 83.5 cm³/mol. The van der Waals surface area contributed by atoms with Crippen molar-refractivity contribution in [1.29, 1.82) is 0 Å². The number of hydrogen-bond acceptors (Lipinski definition) is 4. The lowest BCUT2D eigenvalue weighted by atomic mass is 10.0. The lowest BCUT2D eigenvalue weighted by Crippen LogP contribution is -2.45. The van der Waals surface area contributed by atoms with Gasteiger partial charge in [-0.3, -0.25) is 9.59 Å². The normalized spacial score (nSPS) is 25.2. The molecule has 0 aliphatic carbocycles. The lowest BCUT2D eigenvalue weighted by molar-refractivity contribution is -0.115. The Kier molecular flexibility index (Phi) is 3.91. The van der Waals surface area contributed by atoms with Crippen molar-refractivity contribution in [3.63, 3.8) is 0 Å². The van der Waals surface area contributed by atoms with Crippen molar-refractivity contribution in [2.75, 3.05) is 18.4 Å². The molecular weight excluding hydrogens is 286 g/mol. The number of piperidine rings is 1. The number of nitrogens with two attached hydrogens (primary N) is 1. The molecule has 0 spiro atoms. The average Bonchev–Trinajstić information content (AvgIpc) is 2.47. The fourth-order valence-electron chi connectivity index (χ4n) is 2.72. The summed E-state index contributed by atoms with van der Waals surface area (Å²) in [4.78, 5) is 27.1. The molecule has 5 nitrogen and oxygen atoms in total. The summed E-state index contributed by atoms with van der Waals surface area (Å²) in [5.74, 6) is -0.0251. The minimum Gasteiger partial charge on any atom is -0.337 e. The number of carbonyl (C=O) groups excluding carboxylic acids is 2. The smallest absolute Gasteiger partial charge is 0.253 e. The summed E-state index contributed by atoms with van der Waals surface area (Å²) in [7, 11) is 0. The van der Waals surface area contributed by atoms with Gasteiger partial charge >= 0.3 is 0 Å². The van der Waals surface area contributed by atoms with Crippen molar-refractivity contribution in [2.24, 2.45) is 5.73 Å². The summed E-state index contributed by atoms with van der Waals surface area (Å²) in [6, 6.07) is 5.58. The molecule has 3 rings (SSSR count). The molecule has 2 atom stereocenters. The molecule has 21 heavy (non-hydrogen) atoms. The molecule has 1 saturated heterocycles. The second-order valence-corrected chi connectivity index (χ2v) is 7.00. The molecule has 2 amide bonds. The van der Waals surface area contributed by atoms with Gasteiger partial charge in [0.15, 0.2) is 0 Å². The van der Waals surface area contributed by atoms with E-state index in [4.69, 9.17) is 5.73 Å². The lowest BCUT2D eigenvalue weighted by Gasteiger charge is -2.31. The Bertz CT molecular complexity index is 590. The van der Waals surface area contributed by atoms with E-state index in [0.29, 0.717) is 12.1 Å². The molecule has 1 fully saturated rings. The Morgan fingerprint density at radius 1 is 1.48 bits per heavy atom. The first-order valence-corrected chi connectivity index (χ1v) is 8.09. The molecule has 0 bridgehead atoms. The van der Waals surface area contributed by atoms with Gasteiger partial charge in [0.1, 0.15) is 0 Å². The Morgan fingerprint density at radius 3 is 3.05 bits per heavy atom. The average molecular weight is 305 g/mol. The molecule has 2 aliphatic rings. The van der Waals surface area contributed by atoms with E-state index >= 15 is 0 Å². The molecule has 2 heterocycles. The third-order valence-corrected chi connectivity index (χ3v) is 5.08. The van der Waals surface area contributed by atoms with Gasteiger partial charge in [-0.1, -0.05) is 0 Å². The van der Waals surface area contributed by atoms with Gasteiger partial charge in [-0.2, -0.15) is 0 Å². The molecule has 3 N–H and O–H groups in total. The van der Waals surface area contributed by atoms with E-state index in [-0.39, 0.29) is 23.1 Å². The highest BCUT2D eigenvalue weighted by molar-refractivity contribution is 8.00. The minimum atomic E-state index is -0.0980. The number of nitrogens with one attached hydrogen (secondary N) is 1. The van der Waals surface area contributed by atoms with E-state index in [9.17, 15) is 9.59 Å². The van der Waals surface area contributed by atoms with Crippen molar-refractivity contribution < 1.29 is 9.59 Å². The van der Waals surface area contributed by atoms with Crippen LogP contribution in [-0.4, -0.2) is 41.1 Å². The second kappa shape index (κ2) is 5.69. The fourth-order valence-corrected chi connectivity index (χ4v) is 3.65. The molecule has 2 unspecified atom stereocenters. The fraction of sp³-hybridized carbons (Fsp3) is 0.467. The Morgan fingerprint density at radius 2 is 2.29 bits per heavy atom. The van der Waals surface area contributed by atoms with Crippen LogP contribution < -0.4 is 11.1 Å². The van der Waals surface area contributed by atoms with E-state index < -0.39 is 0 Å². The third kappa shape index (κ3) is 2.91. The van der Waals surface area contributed by atoms with Crippen molar-refractivity contribution in [3.8, 4) is 0 Å². The number of nitrogens with zero attached hydrogens (tertiary/aromatic N) is 1. The SMILES string of the molecule is CC1Sc2ccc(C(=O)N3CCCC(N)C3)cc2NC1=O. The first-order valence-electron chi connectivity index (χ1n) is 7.21. The topological polar surface area (TPSA) is 75.4 Å². The molecule has 1 aromatic rings.